The van der Waals surface area contributed by atoms with Crippen LogP contribution in [0.1, 0.15) is 12.0 Å². The molecule has 19 heavy (non-hydrogen) atoms. The Labute approximate surface area is 114 Å². The van der Waals surface area contributed by atoms with E-state index in [1.807, 2.05) is 0 Å². The van der Waals surface area contributed by atoms with Crippen molar-refractivity contribution >= 4 is 15.7 Å². The third-order valence-corrected chi connectivity index (χ3v) is 3.64. The molecule has 0 bridgehead atoms. The summed E-state index contributed by atoms with van der Waals surface area (Å²) in [6.07, 6.45) is 0.447. The van der Waals surface area contributed by atoms with Gasteiger partial charge in [0.25, 0.3) is 0 Å². The van der Waals surface area contributed by atoms with Crippen molar-refractivity contribution in [2.75, 3.05) is 30.7 Å². The first-order valence-corrected chi connectivity index (χ1v) is 7.51. The zero-order valence-electron chi connectivity index (χ0n) is 10.8. The van der Waals surface area contributed by atoms with Crippen LogP contribution in [0.25, 0.3) is 0 Å². The Hall–Kier alpha value is -1.55. The average Bonchev–Trinajstić information content (AvgIpc) is 2.37. The molecule has 0 fully saturated rings. The van der Waals surface area contributed by atoms with Gasteiger partial charge in [-0.1, -0.05) is 24.0 Å². The highest BCUT2D eigenvalue weighted by Gasteiger charge is 2.11. The Kier molecular flexibility index (Phi) is 6.36. The van der Waals surface area contributed by atoms with Crippen LogP contribution < -0.4 is 10.5 Å². The minimum Gasteiger partial charge on any atom is -0.385 e. The molecule has 0 radical (unpaired) electrons. The van der Waals surface area contributed by atoms with Gasteiger partial charge in [-0.05, 0) is 18.6 Å². The number of nitrogens with two attached hydrogens (primary N) is 1. The van der Waals surface area contributed by atoms with Crippen molar-refractivity contribution in [3.63, 3.8) is 0 Å². The van der Waals surface area contributed by atoms with Crippen LogP contribution in [0.15, 0.2) is 24.3 Å². The second-order valence-corrected chi connectivity index (χ2v) is 5.66. The van der Waals surface area contributed by atoms with Crippen LogP contribution in [0.4, 0.5) is 5.69 Å². The van der Waals surface area contributed by atoms with Gasteiger partial charge in [0, 0.05) is 19.3 Å². The Morgan fingerprint density at radius 1 is 1.37 bits per heavy atom. The van der Waals surface area contributed by atoms with E-state index in [1.54, 1.807) is 24.3 Å². The van der Waals surface area contributed by atoms with E-state index in [1.165, 1.54) is 7.11 Å². The highest BCUT2D eigenvalue weighted by molar-refractivity contribution is 7.92. The lowest BCUT2D eigenvalue weighted by Gasteiger charge is -2.09. The molecule has 3 N–H and O–H groups in total. The number of benzene rings is 1. The maximum atomic E-state index is 11.9. The lowest BCUT2D eigenvalue weighted by molar-refractivity contribution is 0.199. The molecule has 0 unspecified atom stereocenters. The second kappa shape index (κ2) is 7.79. The summed E-state index contributed by atoms with van der Waals surface area (Å²) in [6, 6.07) is 6.97. The zero-order valence-corrected chi connectivity index (χ0v) is 11.7. The topological polar surface area (TPSA) is 81.4 Å². The van der Waals surface area contributed by atoms with Crippen molar-refractivity contribution in [3.8, 4) is 11.8 Å². The van der Waals surface area contributed by atoms with Gasteiger partial charge in [-0.25, -0.2) is 8.42 Å². The Bertz CT molecular complexity index is 559. The van der Waals surface area contributed by atoms with Crippen LogP contribution in [0.3, 0.4) is 0 Å². The molecule has 0 aliphatic heterocycles. The maximum absolute atomic E-state index is 11.9. The zero-order chi connectivity index (χ0) is 14.1. The number of anilines is 1. The van der Waals surface area contributed by atoms with Gasteiger partial charge in [-0.3, -0.25) is 4.72 Å². The smallest absolute Gasteiger partial charge is 0.232 e. The minimum atomic E-state index is -3.38. The number of hydrogen-bond donors (Lipinski definition) is 2. The molecule has 0 heterocycles. The van der Waals surface area contributed by atoms with Gasteiger partial charge in [0.15, 0.2) is 0 Å². The molecular weight excluding hydrogens is 264 g/mol. The fraction of sp³-hybridized carbons (Fsp3) is 0.385. The van der Waals surface area contributed by atoms with E-state index in [2.05, 4.69) is 16.6 Å². The first-order valence-electron chi connectivity index (χ1n) is 5.86. The van der Waals surface area contributed by atoms with E-state index in [0.29, 0.717) is 24.3 Å². The molecule has 0 atom stereocenters. The summed E-state index contributed by atoms with van der Waals surface area (Å²) in [5.41, 5.74) is 6.40. The van der Waals surface area contributed by atoms with Crippen molar-refractivity contribution in [2.45, 2.75) is 6.42 Å². The third-order valence-electron chi connectivity index (χ3n) is 2.28. The quantitative estimate of drug-likeness (QED) is 0.596. The Balaban J connectivity index is 2.81. The number of para-hydroxylation sites is 1. The monoisotopic (exact) mass is 282 g/mol. The summed E-state index contributed by atoms with van der Waals surface area (Å²) >= 11 is 0. The fourth-order valence-electron chi connectivity index (χ4n) is 1.44. The largest absolute Gasteiger partial charge is 0.385 e. The molecule has 104 valence electrons. The number of nitrogens with one attached hydrogen (secondary N) is 1. The molecule has 1 aromatic rings. The van der Waals surface area contributed by atoms with E-state index >= 15 is 0 Å². The molecule has 0 aromatic heterocycles. The van der Waals surface area contributed by atoms with E-state index in [4.69, 9.17) is 10.5 Å². The van der Waals surface area contributed by atoms with Crippen LogP contribution in [-0.2, 0) is 14.8 Å². The van der Waals surface area contributed by atoms with E-state index in [9.17, 15) is 8.42 Å². The van der Waals surface area contributed by atoms with Crippen LogP contribution in [0.2, 0.25) is 0 Å². The van der Waals surface area contributed by atoms with Gasteiger partial charge in [0.05, 0.1) is 18.0 Å². The molecule has 1 rings (SSSR count). The predicted octanol–water partition coefficient (Wildman–Crippen LogP) is 0.775. The summed E-state index contributed by atoms with van der Waals surface area (Å²) in [5, 5.41) is 0. The van der Waals surface area contributed by atoms with Gasteiger partial charge in [0.1, 0.15) is 0 Å². The maximum Gasteiger partial charge on any atom is 0.232 e. The van der Waals surface area contributed by atoms with Crippen LogP contribution >= 0.6 is 0 Å². The van der Waals surface area contributed by atoms with Crippen molar-refractivity contribution in [2.24, 2.45) is 5.73 Å². The van der Waals surface area contributed by atoms with E-state index < -0.39 is 10.0 Å². The van der Waals surface area contributed by atoms with Crippen LogP contribution in [0, 0.1) is 11.8 Å². The highest BCUT2D eigenvalue weighted by atomic mass is 32.2. The number of rotatable bonds is 6. The summed E-state index contributed by atoms with van der Waals surface area (Å²) in [4.78, 5) is 0. The summed E-state index contributed by atoms with van der Waals surface area (Å²) in [6.45, 7) is 0.643. The molecule has 6 heteroatoms. The summed E-state index contributed by atoms with van der Waals surface area (Å²) in [7, 11) is -1.84. The number of methoxy groups -OCH3 is 1. The third kappa shape index (κ3) is 5.75. The van der Waals surface area contributed by atoms with Gasteiger partial charge in [-0.15, -0.1) is 0 Å². The lowest BCUT2D eigenvalue weighted by atomic mass is 10.2. The SMILES string of the molecule is COCCCS(=O)(=O)Nc1ccccc1C#CCN. The van der Waals surface area contributed by atoms with Crippen molar-refractivity contribution in [1.29, 1.82) is 0 Å². The molecule has 0 saturated carbocycles. The highest BCUT2D eigenvalue weighted by Crippen LogP contribution is 2.15. The predicted molar refractivity (Wildman–Crippen MR) is 76.3 cm³/mol. The molecule has 5 nitrogen and oxygen atoms in total. The minimum absolute atomic E-state index is 0.0134. The Morgan fingerprint density at radius 2 is 2.11 bits per heavy atom. The average molecular weight is 282 g/mol. The number of sulfonamides is 1. The molecule has 0 aliphatic rings. The molecule has 0 amide bonds. The fourth-order valence-corrected chi connectivity index (χ4v) is 2.55. The first kappa shape index (κ1) is 15.5. The molecule has 0 spiro atoms. The second-order valence-electron chi connectivity index (χ2n) is 3.82. The van der Waals surface area contributed by atoms with E-state index in [0.717, 1.165) is 0 Å². The molecule has 0 aliphatic carbocycles. The van der Waals surface area contributed by atoms with Crippen molar-refractivity contribution in [1.82, 2.24) is 0 Å². The molecule has 0 saturated heterocycles. The van der Waals surface area contributed by atoms with Crippen molar-refractivity contribution < 1.29 is 13.2 Å². The first-order chi connectivity index (χ1) is 9.09. The number of hydrogen-bond acceptors (Lipinski definition) is 4. The summed E-state index contributed by atoms with van der Waals surface area (Å²) in [5.74, 6) is 5.56. The molecule has 1 aromatic carbocycles. The van der Waals surface area contributed by atoms with Gasteiger partial charge in [-0.2, -0.15) is 0 Å². The van der Waals surface area contributed by atoms with Gasteiger partial charge in [0.2, 0.25) is 10.0 Å². The van der Waals surface area contributed by atoms with Gasteiger partial charge < -0.3 is 10.5 Å². The summed E-state index contributed by atoms with van der Waals surface area (Å²) < 4.78 is 31.1. The van der Waals surface area contributed by atoms with Crippen LogP contribution in [0.5, 0.6) is 0 Å². The number of ether oxygens (including phenoxy) is 1. The van der Waals surface area contributed by atoms with E-state index in [-0.39, 0.29) is 12.3 Å². The lowest BCUT2D eigenvalue weighted by Crippen LogP contribution is -2.18. The Morgan fingerprint density at radius 3 is 2.79 bits per heavy atom. The standard InChI is InChI=1S/C13H18N2O3S/c1-18-10-5-11-19(16,17)15-13-8-3-2-6-12(13)7-4-9-14/h2-3,6,8,15H,5,9-11,14H2,1H3. The van der Waals surface area contributed by atoms with Crippen LogP contribution in [-0.4, -0.2) is 34.4 Å². The molecular formula is C13H18N2O3S. The van der Waals surface area contributed by atoms with Gasteiger partial charge >= 0.3 is 0 Å². The van der Waals surface area contributed by atoms with Crippen molar-refractivity contribution in [3.05, 3.63) is 29.8 Å². The normalized spacial score (nSPS) is 10.6.